The first kappa shape index (κ1) is 16.5. The average molecular weight is 329 g/mol. The first-order valence-corrected chi connectivity index (χ1v) is 9.87. The van der Waals surface area contributed by atoms with Crippen molar-refractivity contribution in [1.29, 1.82) is 0 Å². The van der Waals surface area contributed by atoms with Crippen molar-refractivity contribution in [1.82, 2.24) is 19.8 Å². The molecule has 3 aliphatic rings. The highest BCUT2D eigenvalue weighted by molar-refractivity contribution is 5.14. The van der Waals surface area contributed by atoms with Crippen molar-refractivity contribution in [3.8, 4) is 0 Å². The highest BCUT2D eigenvalue weighted by atomic mass is 15.2. The van der Waals surface area contributed by atoms with Crippen LogP contribution in [0.5, 0.6) is 0 Å². The molecule has 1 saturated carbocycles. The molecule has 0 atom stereocenters. The van der Waals surface area contributed by atoms with E-state index in [0.29, 0.717) is 17.3 Å². The predicted octanol–water partition coefficient (Wildman–Crippen LogP) is 3.26. The molecule has 4 nitrogen and oxygen atoms in total. The topological polar surface area (TPSA) is 32.3 Å². The molecule has 2 aliphatic heterocycles. The van der Waals surface area contributed by atoms with Gasteiger partial charge in [0.1, 0.15) is 5.82 Å². The fraction of sp³-hybridized carbons (Fsp3) is 0.800. The molecule has 4 heteroatoms. The van der Waals surface area contributed by atoms with Crippen LogP contribution < -0.4 is 0 Å². The lowest BCUT2D eigenvalue weighted by molar-refractivity contribution is -0.110. The van der Waals surface area contributed by atoms with Gasteiger partial charge in [0.05, 0.1) is 0 Å². The molecule has 3 fully saturated rings. The van der Waals surface area contributed by atoms with Gasteiger partial charge in [-0.05, 0) is 62.2 Å². The summed E-state index contributed by atoms with van der Waals surface area (Å²) in [5.74, 6) is 2.05. The van der Waals surface area contributed by atoms with E-state index in [1.54, 1.807) is 0 Å². The Morgan fingerprint density at radius 3 is 2.29 bits per heavy atom. The maximum absolute atomic E-state index is 4.56. The third-order valence-corrected chi connectivity index (χ3v) is 6.63. The van der Waals surface area contributed by atoms with E-state index in [4.69, 9.17) is 0 Å². The zero-order valence-corrected chi connectivity index (χ0v) is 15.5. The molecule has 0 bridgehead atoms. The molecule has 2 saturated heterocycles. The minimum Gasteiger partial charge on any atom is -0.302 e. The minimum absolute atomic E-state index is 0.418. The molecule has 0 N–H and O–H groups in total. The van der Waals surface area contributed by atoms with Crippen LogP contribution in [0.4, 0.5) is 0 Å². The Morgan fingerprint density at radius 1 is 1.12 bits per heavy atom. The Morgan fingerprint density at radius 2 is 1.75 bits per heavy atom. The second-order valence-electron chi connectivity index (χ2n) is 8.70. The largest absolute Gasteiger partial charge is 0.302 e. The van der Waals surface area contributed by atoms with Crippen LogP contribution in [0.1, 0.15) is 69.7 Å². The number of hydrogen-bond acceptors (Lipinski definition) is 4. The molecule has 0 amide bonds. The number of nitrogens with zero attached hydrogens (tertiary/aromatic N) is 4. The first-order valence-electron chi connectivity index (χ1n) is 9.87. The summed E-state index contributed by atoms with van der Waals surface area (Å²) in [5.41, 5.74) is 2.06. The van der Waals surface area contributed by atoms with Crippen molar-refractivity contribution in [3.63, 3.8) is 0 Å². The van der Waals surface area contributed by atoms with Crippen LogP contribution in [0.15, 0.2) is 12.4 Å². The molecule has 0 radical (unpaired) electrons. The van der Waals surface area contributed by atoms with Crippen LogP contribution in [0.25, 0.3) is 0 Å². The van der Waals surface area contributed by atoms with E-state index in [0.717, 1.165) is 11.9 Å². The maximum atomic E-state index is 4.56. The van der Waals surface area contributed by atoms with Gasteiger partial charge in [0, 0.05) is 37.4 Å². The highest BCUT2D eigenvalue weighted by Crippen LogP contribution is 2.50. The van der Waals surface area contributed by atoms with Gasteiger partial charge in [0.2, 0.25) is 0 Å². The molecule has 4 rings (SSSR count). The SMILES string of the molecule is CCN1CC2(CC(N3CCC(c4cnc(C(C)C)nc4)CC3)C2)C1. The maximum Gasteiger partial charge on any atom is 0.130 e. The van der Waals surface area contributed by atoms with Crippen molar-refractivity contribution < 1.29 is 0 Å². The lowest BCUT2D eigenvalue weighted by atomic mass is 9.60. The van der Waals surface area contributed by atoms with Gasteiger partial charge in [-0.15, -0.1) is 0 Å². The summed E-state index contributed by atoms with van der Waals surface area (Å²) >= 11 is 0. The Balaban J connectivity index is 1.25. The van der Waals surface area contributed by atoms with Gasteiger partial charge in [0.15, 0.2) is 0 Å². The van der Waals surface area contributed by atoms with E-state index in [-0.39, 0.29) is 0 Å². The second-order valence-corrected chi connectivity index (χ2v) is 8.70. The van der Waals surface area contributed by atoms with Gasteiger partial charge < -0.3 is 9.80 Å². The van der Waals surface area contributed by atoms with Gasteiger partial charge in [-0.2, -0.15) is 0 Å². The van der Waals surface area contributed by atoms with E-state index >= 15 is 0 Å². The number of likely N-dealkylation sites (tertiary alicyclic amines) is 2. The Bertz CT molecular complexity index is 546. The first-order chi connectivity index (χ1) is 11.6. The minimum atomic E-state index is 0.418. The predicted molar refractivity (Wildman–Crippen MR) is 97.2 cm³/mol. The third kappa shape index (κ3) is 2.99. The van der Waals surface area contributed by atoms with Gasteiger partial charge in [-0.1, -0.05) is 20.8 Å². The summed E-state index contributed by atoms with van der Waals surface area (Å²) in [4.78, 5) is 14.5. The van der Waals surface area contributed by atoms with Crippen LogP contribution in [0.2, 0.25) is 0 Å². The number of piperidine rings is 1. The molecular weight excluding hydrogens is 296 g/mol. The van der Waals surface area contributed by atoms with Gasteiger partial charge in [0.25, 0.3) is 0 Å². The van der Waals surface area contributed by atoms with E-state index < -0.39 is 0 Å². The average Bonchev–Trinajstić information content (AvgIpc) is 2.53. The Labute approximate surface area is 146 Å². The number of aromatic nitrogens is 2. The van der Waals surface area contributed by atoms with Gasteiger partial charge in [-0.25, -0.2) is 9.97 Å². The second kappa shape index (κ2) is 6.38. The molecule has 3 heterocycles. The summed E-state index contributed by atoms with van der Waals surface area (Å²) in [6.45, 7) is 13.1. The van der Waals surface area contributed by atoms with E-state index in [2.05, 4.69) is 52.9 Å². The quantitative estimate of drug-likeness (QED) is 0.849. The lowest BCUT2D eigenvalue weighted by Crippen LogP contribution is -2.66. The summed E-state index contributed by atoms with van der Waals surface area (Å²) in [6, 6.07) is 0.865. The van der Waals surface area contributed by atoms with Crippen molar-refractivity contribution in [3.05, 3.63) is 23.8 Å². The molecular formula is C20H32N4. The molecule has 0 unspecified atom stereocenters. The zero-order valence-electron chi connectivity index (χ0n) is 15.5. The van der Waals surface area contributed by atoms with Crippen molar-refractivity contribution in [2.75, 3.05) is 32.7 Å². The Hall–Kier alpha value is -1.00. The highest BCUT2D eigenvalue weighted by Gasteiger charge is 2.53. The molecule has 1 aromatic rings. The molecule has 24 heavy (non-hydrogen) atoms. The summed E-state index contributed by atoms with van der Waals surface area (Å²) in [7, 11) is 0. The fourth-order valence-electron chi connectivity index (χ4n) is 5.04. The van der Waals surface area contributed by atoms with Crippen LogP contribution in [-0.4, -0.2) is 58.5 Å². The summed E-state index contributed by atoms with van der Waals surface area (Å²) in [6.07, 6.45) is 9.59. The van der Waals surface area contributed by atoms with E-state index in [1.807, 2.05) is 0 Å². The van der Waals surface area contributed by atoms with Crippen molar-refractivity contribution >= 4 is 0 Å². The lowest BCUT2D eigenvalue weighted by Gasteiger charge is -2.61. The molecule has 0 aromatic carbocycles. The molecule has 132 valence electrons. The number of hydrogen-bond donors (Lipinski definition) is 0. The van der Waals surface area contributed by atoms with Crippen molar-refractivity contribution in [2.24, 2.45) is 5.41 Å². The Kier molecular flexibility index (Phi) is 4.38. The molecule has 1 aromatic heterocycles. The van der Waals surface area contributed by atoms with Crippen LogP contribution in [-0.2, 0) is 0 Å². The zero-order chi connectivity index (χ0) is 16.7. The van der Waals surface area contributed by atoms with Crippen LogP contribution in [0, 0.1) is 5.41 Å². The monoisotopic (exact) mass is 328 g/mol. The smallest absolute Gasteiger partial charge is 0.130 e. The molecule has 1 spiro atoms. The standard InChI is InChI=1S/C20H32N4/c1-4-23-13-20(14-23)9-18(10-20)24-7-5-16(6-8-24)17-11-21-19(15(2)3)22-12-17/h11-12,15-16,18H,4-10,13-14H2,1-3H3. The third-order valence-electron chi connectivity index (χ3n) is 6.63. The van der Waals surface area contributed by atoms with Gasteiger partial charge >= 0.3 is 0 Å². The normalized spacial score (nSPS) is 25.8. The summed E-state index contributed by atoms with van der Waals surface area (Å²) in [5, 5.41) is 0. The fourth-order valence-corrected chi connectivity index (χ4v) is 5.04. The van der Waals surface area contributed by atoms with Gasteiger partial charge in [-0.3, -0.25) is 0 Å². The van der Waals surface area contributed by atoms with Crippen LogP contribution in [0.3, 0.4) is 0 Å². The van der Waals surface area contributed by atoms with E-state index in [9.17, 15) is 0 Å². The summed E-state index contributed by atoms with van der Waals surface area (Å²) < 4.78 is 0. The number of rotatable bonds is 4. The van der Waals surface area contributed by atoms with Crippen LogP contribution >= 0.6 is 0 Å². The molecule has 1 aliphatic carbocycles. The van der Waals surface area contributed by atoms with Crippen molar-refractivity contribution in [2.45, 2.75) is 64.3 Å². The van der Waals surface area contributed by atoms with E-state index in [1.165, 1.54) is 64.0 Å².